The highest BCUT2D eigenvalue weighted by Crippen LogP contribution is 2.16. The number of hydrogen-bond donors (Lipinski definition) is 0. The van der Waals surface area contributed by atoms with Crippen LogP contribution in [0.2, 0.25) is 0 Å². The summed E-state index contributed by atoms with van der Waals surface area (Å²) in [7, 11) is 1.61. The second kappa shape index (κ2) is 6.88. The largest absolute Gasteiger partial charge is 0.457 e. The van der Waals surface area contributed by atoms with Crippen LogP contribution >= 0.6 is 0 Å². The van der Waals surface area contributed by atoms with Gasteiger partial charge in [0.25, 0.3) is 5.56 Å². The van der Waals surface area contributed by atoms with E-state index in [9.17, 15) is 14.0 Å². The van der Waals surface area contributed by atoms with Crippen LogP contribution < -0.4 is 5.56 Å². The normalized spacial score (nSPS) is 11.2. The fourth-order valence-electron chi connectivity index (χ4n) is 3.15. The van der Waals surface area contributed by atoms with Crippen molar-refractivity contribution in [1.82, 2.24) is 19.2 Å². The zero-order valence-corrected chi connectivity index (χ0v) is 15.3. The molecular weight excluding hydrogens is 363 g/mol. The molecule has 0 fully saturated rings. The number of benzene rings is 2. The molecule has 0 spiro atoms. The number of rotatable bonds is 4. The van der Waals surface area contributed by atoms with Gasteiger partial charge >= 0.3 is 5.97 Å². The third kappa shape index (κ3) is 3.02. The lowest BCUT2D eigenvalue weighted by Crippen LogP contribution is -2.21. The van der Waals surface area contributed by atoms with E-state index in [0.717, 1.165) is 5.56 Å². The first-order valence-corrected chi connectivity index (χ1v) is 8.68. The Balaban J connectivity index is 1.66. The molecule has 142 valence electrons. The van der Waals surface area contributed by atoms with Gasteiger partial charge in [0.1, 0.15) is 5.82 Å². The maximum atomic E-state index is 13.7. The Morgan fingerprint density at radius 1 is 1.18 bits per heavy atom. The summed E-state index contributed by atoms with van der Waals surface area (Å²) >= 11 is 0. The van der Waals surface area contributed by atoms with Gasteiger partial charge in [-0.25, -0.2) is 4.39 Å². The van der Waals surface area contributed by atoms with Gasteiger partial charge in [-0.15, -0.1) is 10.2 Å². The first-order chi connectivity index (χ1) is 13.5. The lowest BCUT2D eigenvalue weighted by molar-refractivity contribution is -0.144. The summed E-state index contributed by atoms with van der Waals surface area (Å²) in [4.78, 5) is 24.7. The Bertz CT molecular complexity index is 1280. The van der Waals surface area contributed by atoms with E-state index in [1.807, 2.05) is 19.1 Å². The smallest absolute Gasteiger partial charge is 0.310 e. The van der Waals surface area contributed by atoms with Crippen LogP contribution in [0.1, 0.15) is 17.0 Å². The number of nitrogens with zero attached hydrogens (tertiary/aromatic N) is 4. The average Bonchev–Trinajstić information content (AvgIpc) is 3.10. The van der Waals surface area contributed by atoms with Crippen LogP contribution in [0.25, 0.3) is 16.7 Å². The maximum absolute atomic E-state index is 13.7. The minimum absolute atomic E-state index is 0.143. The second-order valence-corrected chi connectivity index (χ2v) is 6.57. The Labute approximate surface area is 159 Å². The predicted octanol–water partition coefficient (Wildman–Crippen LogP) is 2.31. The Kier molecular flexibility index (Phi) is 4.38. The standard InChI is InChI=1S/C20H17FN4O3/c1-12-7-8-16-14(9-12)19(27)24(2)20-23-22-17(25(16)20)11-28-18(26)10-13-5-3-4-6-15(13)21/h3-9H,10-11H2,1-2H3. The van der Waals surface area contributed by atoms with Crippen LogP contribution in [0.3, 0.4) is 0 Å². The van der Waals surface area contributed by atoms with Crippen LogP contribution in [0.4, 0.5) is 4.39 Å². The third-order valence-corrected chi connectivity index (χ3v) is 4.60. The van der Waals surface area contributed by atoms with E-state index in [1.54, 1.807) is 29.6 Å². The summed E-state index contributed by atoms with van der Waals surface area (Å²) in [6, 6.07) is 11.5. The molecule has 0 saturated carbocycles. The number of halogens is 1. The molecule has 0 N–H and O–H groups in total. The monoisotopic (exact) mass is 380 g/mol. The van der Waals surface area contributed by atoms with E-state index >= 15 is 0 Å². The van der Waals surface area contributed by atoms with Gasteiger partial charge in [-0.05, 0) is 30.7 Å². The van der Waals surface area contributed by atoms with Gasteiger partial charge in [0, 0.05) is 7.05 Å². The van der Waals surface area contributed by atoms with Crippen LogP contribution in [0, 0.1) is 12.7 Å². The molecular formula is C20H17FN4O3. The molecule has 2 aromatic heterocycles. The van der Waals surface area contributed by atoms with Crippen molar-refractivity contribution in [1.29, 1.82) is 0 Å². The summed E-state index contributed by atoms with van der Waals surface area (Å²) < 4.78 is 22.1. The van der Waals surface area contributed by atoms with E-state index in [4.69, 9.17) is 4.74 Å². The number of hydrogen-bond acceptors (Lipinski definition) is 5. The summed E-state index contributed by atoms with van der Waals surface area (Å²) in [5, 5.41) is 8.64. The van der Waals surface area contributed by atoms with E-state index in [2.05, 4.69) is 10.2 Å². The molecule has 28 heavy (non-hydrogen) atoms. The minimum atomic E-state index is -0.577. The molecule has 8 heteroatoms. The Hall–Kier alpha value is -3.55. The second-order valence-electron chi connectivity index (χ2n) is 6.57. The zero-order valence-electron chi connectivity index (χ0n) is 15.3. The molecule has 4 rings (SSSR count). The van der Waals surface area contributed by atoms with Crippen molar-refractivity contribution in [3.8, 4) is 0 Å². The molecule has 0 radical (unpaired) electrons. The Morgan fingerprint density at radius 2 is 1.96 bits per heavy atom. The van der Waals surface area contributed by atoms with Gasteiger partial charge in [0.05, 0.1) is 17.3 Å². The van der Waals surface area contributed by atoms with Crippen molar-refractivity contribution in [2.75, 3.05) is 0 Å². The summed E-state index contributed by atoms with van der Waals surface area (Å²) in [5.74, 6) is -0.307. The number of fused-ring (bicyclic) bond motifs is 3. The van der Waals surface area contributed by atoms with Gasteiger partial charge in [-0.1, -0.05) is 29.8 Å². The van der Waals surface area contributed by atoms with Gasteiger partial charge in [-0.2, -0.15) is 0 Å². The summed E-state index contributed by atoms with van der Waals surface area (Å²) in [6.07, 6.45) is -0.179. The maximum Gasteiger partial charge on any atom is 0.310 e. The molecule has 0 aliphatic carbocycles. The summed E-state index contributed by atoms with van der Waals surface area (Å²) in [5.41, 5.74) is 1.67. The predicted molar refractivity (Wildman–Crippen MR) is 100 cm³/mol. The number of aryl methyl sites for hydroxylation is 2. The lowest BCUT2D eigenvalue weighted by atomic mass is 10.1. The molecule has 0 saturated heterocycles. The van der Waals surface area contributed by atoms with Crippen molar-refractivity contribution in [3.05, 3.63) is 75.6 Å². The lowest BCUT2D eigenvalue weighted by Gasteiger charge is -2.09. The Morgan fingerprint density at radius 3 is 2.75 bits per heavy atom. The van der Waals surface area contributed by atoms with Crippen molar-refractivity contribution < 1.29 is 13.9 Å². The van der Waals surface area contributed by atoms with Crippen LogP contribution in [-0.4, -0.2) is 25.1 Å². The van der Waals surface area contributed by atoms with Gasteiger partial charge < -0.3 is 4.74 Å². The van der Waals surface area contributed by atoms with Crippen LogP contribution in [0.5, 0.6) is 0 Å². The van der Waals surface area contributed by atoms with Crippen molar-refractivity contribution >= 4 is 22.6 Å². The molecule has 7 nitrogen and oxygen atoms in total. The highest BCUT2D eigenvalue weighted by atomic mass is 19.1. The highest BCUT2D eigenvalue weighted by Gasteiger charge is 2.16. The molecule has 2 aromatic carbocycles. The quantitative estimate of drug-likeness (QED) is 0.508. The first kappa shape index (κ1) is 17.8. The average molecular weight is 380 g/mol. The van der Waals surface area contributed by atoms with Gasteiger partial charge in [0.15, 0.2) is 12.4 Å². The number of esters is 1. The number of carbonyl (C=O) groups excluding carboxylic acids is 1. The number of aromatic nitrogens is 4. The van der Waals surface area contributed by atoms with Crippen molar-refractivity contribution in [2.24, 2.45) is 7.05 Å². The number of ether oxygens (including phenoxy) is 1. The van der Waals surface area contributed by atoms with Crippen molar-refractivity contribution in [2.45, 2.75) is 20.0 Å². The van der Waals surface area contributed by atoms with E-state index < -0.39 is 11.8 Å². The third-order valence-electron chi connectivity index (χ3n) is 4.60. The number of carbonyl (C=O) groups is 1. The van der Waals surface area contributed by atoms with E-state index in [1.165, 1.54) is 16.7 Å². The SMILES string of the molecule is Cc1ccc2c(c1)c(=O)n(C)c1nnc(COC(=O)Cc3ccccc3F)n21. The molecule has 0 aliphatic rings. The van der Waals surface area contributed by atoms with E-state index in [0.29, 0.717) is 22.5 Å². The zero-order chi connectivity index (χ0) is 19.8. The van der Waals surface area contributed by atoms with Gasteiger partial charge in [0.2, 0.25) is 5.78 Å². The topological polar surface area (TPSA) is 78.5 Å². The van der Waals surface area contributed by atoms with Crippen LogP contribution in [0.15, 0.2) is 47.3 Å². The van der Waals surface area contributed by atoms with Crippen molar-refractivity contribution in [3.63, 3.8) is 0 Å². The molecule has 4 aromatic rings. The van der Waals surface area contributed by atoms with Gasteiger partial charge in [-0.3, -0.25) is 18.6 Å². The molecule has 0 unspecified atom stereocenters. The minimum Gasteiger partial charge on any atom is -0.457 e. The fourth-order valence-corrected chi connectivity index (χ4v) is 3.15. The summed E-state index contributed by atoms with van der Waals surface area (Å²) in [6.45, 7) is 1.76. The van der Waals surface area contributed by atoms with E-state index in [-0.39, 0.29) is 24.2 Å². The molecule has 0 amide bonds. The first-order valence-electron chi connectivity index (χ1n) is 8.68. The fraction of sp³-hybridized carbons (Fsp3) is 0.200. The highest BCUT2D eigenvalue weighted by molar-refractivity contribution is 5.81. The molecule has 2 heterocycles. The molecule has 0 bridgehead atoms. The molecule has 0 aliphatic heterocycles. The van der Waals surface area contributed by atoms with Crippen LogP contribution in [-0.2, 0) is 29.6 Å². The molecule has 0 atom stereocenters.